The van der Waals surface area contributed by atoms with Crippen LogP contribution in [0.25, 0.3) is 11.1 Å². The number of hydrogen-bond acceptors (Lipinski definition) is 4. The topological polar surface area (TPSA) is 62.8 Å². The van der Waals surface area contributed by atoms with Gasteiger partial charge >= 0.3 is 7.12 Å². The van der Waals surface area contributed by atoms with E-state index < -0.39 is 7.12 Å². The minimum atomic E-state index is -1.58. The Morgan fingerprint density at radius 3 is 2.62 bits per heavy atom. The van der Waals surface area contributed by atoms with Crippen LogP contribution in [0.15, 0.2) is 41.0 Å². The van der Waals surface area contributed by atoms with Gasteiger partial charge in [-0.05, 0) is 23.8 Å². The Labute approximate surface area is 93.2 Å². The highest BCUT2D eigenvalue weighted by Crippen LogP contribution is 2.23. The molecule has 0 atom stereocenters. The molecule has 0 radical (unpaired) electrons. The number of benzene rings is 1. The van der Waals surface area contributed by atoms with E-state index in [0.29, 0.717) is 0 Å². The second kappa shape index (κ2) is 4.43. The van der Waals surface area contributed by atoms with Crippen molar-refractivity contribution in [2.45, 2.75) is 0 Å². The third kappa shape index (κ3) is 2.10. The quantitative estimate of drug-likeness (QED) is 0.742. The van der Waals surface area contributed by atoms with Gasteiger partial charge in [-0.15, -0.1) is 0 Å². The van der Waals surface area contributed by atoms with Crippen molar-refractivity contribution in [1.29, 1.82) is 0 Å². The van der Waals surface area contributed by atoms with Gasteiger partial charge in [0, 0.05) is 5.56 Å². The first-order valence-electron chi connectivity index (χ1n) is 4.79. The van der Waals surface area contributed by atoms with E-state index >= 15 is 0 Å². The van der Waals surface area contributed by atoms with E-state index in [9.17, 15) is 0 Å². The molecular formula is C11H11BO4. The van der Waals surface area contributed by atoms with Crippen LogP contribution in [0.5, 0.6) is 5.75 Å². The summed E-state index contributed by atoms with van der Waals surface area (Å²) in [6.45, 7) is 0. The fourth-order valence-corrected chi connectivity index (χ4v) is 1.44. The highest BCUT2D eigenvalue weighted by molar-refractivity contribution is 6.57. The summed E-state index contributed by atoms with van der Waals surface area (Å²) < 4.78 is 10.1. The summed E-state index contributed by atoms with van der Waals surface area (Å²) >= 11 is 0. The second-order valence-electron chi connectivity index (χ2n) is 3.34. The molecule has 0 aliphatic heterocycles. The van der Waals surface area contributed by atoms with Crippen molar-refractivity contribution in [2.24, 2.45) is 0 Å². The number of rotatable bonds is 3. The second-order valence-corrected chi connectivity index (χ2v) is 3.34. The van der Waals surface area contributed by atoms with E-state index in [1.54, 1.807) is 13.2 Å². The van der Waals surface area contributed by atoms with E-state index in [1.807, 2.05) is 24.3 Å². The molecule has 2 N–H and O–H groups in total. The maximum Gasteiger partial charge on any atom is 0.526 e. The normalized spacial score (nSPS) is 10.2. The van der Waals surface area contributed by atoms with Crippen LogP contribution in [0.3, 0.4) is 0 Å². The van der Waals surface area contributed by atoms with Gasteiger partial charge in [0.25, 0.3) is 0 Å². The van der Waals surface area contributed by atoms with Gasteiger partial charge in [0.1, 0.15) is 11.4 Å². The molecule has 16 heavy (non-hydrogen) atoms. The third-order valence-electron chi connectivity index (χ3n) is 2.28. The van der Waals surface area contributed by atoms with Crippen molar-refractivity contribution in [1.82, 2.24) is 0 Å². The Morgan fingerprint density at radius 2 is 2.00 bits per heavy atom. The molecule has 0 bridgehead atoms. The molecule has 0 spiro atoms. The zero-order valence-corrected chi connectivity index (χ0v) is 8.75. The molecule has 0 aliphatic carbocycles. The summed E-state index contributed by atoms with van der Waals surface area (Å²) in [5.41, 5.74) is 1.80. The largest absolute Gasteiger partial charge is 0.526 e. The van der Waals surface area contributed by atoms with Crippen LogP contribution in [0.4, 0.5) is 0 Å². The molecule has 82 valence electrons. The Bertz CT molecular complexity index is 478. The van der Waals surface area contributed by atoms with Crippen LogP contribution in [0.2, 0.25) is 0 Å². The van der Waals surface area contributed by atoms with Crippen molar-refractivity contribution in [3.63, 3.8) is 0 Å². The maximum absolute atomic E-state index is 8.92. The van der Waals surface area contributed by atoms with Crippen LogP contribution in [-0.4, -0.2) is 24.3 Å². The lowest BCUT2D eigenvalue weighted by molar-refractivity contribution is 0.409. The van der Waals surface area contributed by atoms with E-state index in [-0.39, 0.29) is 5.66 Å². The molecule has 1 aromatic heterocycles. The van der Waals surface area contributed by atoms with Crippen LogP contribution in [0.1, 0.15) is 0 Å². The standard InChI is InChI=1S/C11H11BO4/c1-15-10-4-2-3-8(5-10)9-6-11(12(13)14)16-7-9/h2-7,13-14H,1H3. The molecule has 1 aromatic carbocycles. The van der Waals surface area contributed by atoms with Crippen LogP contribution in [-0.2, 0) is 0 Å². The van der Waals surface area contributed by atoms with Gasteiger partial charge in [0.2, 0.25) is 0 Å². The maximum atomic E-state index is 8.92. The fraction of sp³-hybridized carbons (Fsp3) is 0.0909. The smallest absolute Gasteiger partial charge is 0.497 e. The van der Waals surface area contributed by atoms with Crippen molar-refractivity contribution in [3.05, 3.63) is 36.6 Å². The lowest BCUT2D eigenvalue weighted by Crippen LogP contribution is -2.27. The van der Waals surface area contributed by atoms with Crippen LogP contribution < -0.4 is 10.4 Å². The highest BCUT2D eigenvalue weighted by atomic mass is 16.5. The van der Waals surface area contributed by atoms with Crippen molar-refractivity contribution >= 4 is 12.8 Å². The fourth-order valence-electron chi connectivity index (χ4n) is 1.44. The van der Waals surface area contributed by atoms with Crippen LogP contribution >= 0.6 is 0 Å². The molecule has 0 unspecified atom stereocenters. The molecule has 2 aromatic rings. The zero-order valence-electron chi connectivity index (χ0n) is 8.75. The molecular weight excluding hydrogens is 207 g/mol. The summed E-state index contributed by atoms with van der Waals surface area (Å²) in [5.74, 6) is 0.741. The van der Waals surface area contributed by atoms with Gasteiger partial charge in [-0.3, -0.25) is 0 Å². The average molecular weight is 218 g/mol. The first-order chi connectivity index (χ1) is 7.70. The lowest BCUT2D eigenvalue weighted by atomic mass is 9.87. The van der Waals surface area contributed by atoms with E-state index in [1.165, 1.54) is 6.26 Å². The molecule has 0 aliphatic rings. The molecule has 2 rings (SSSR count). The first-order valence-corrected chi connectivity index (χ1v) is 4.79. The first kappa shape index (κ1) is 10.8. The number of hydrogen-bond donors (Lipinski definition) is 2. The van der Waals surface area contributed by atoms with Crippen LogP contribution in [0, 0.1) is 0 Å². The minimum absolute atomic E-state index is 0.123. The van der Waals surface area contributed by atoms with Crippen molar-refractivity contribution in [3.8, 4) is 16.9 Å². The molecule has 0 saturated heterocycles. The Hall–Kier alpha value is -1.72. The van der Waals surface area contributed by atoms with Crippen molar-refractivity contribution in [2.75, 3.05) is 7.11 Å². The third-order valence-corrected chi connectivity index (χ3v) is 2.28. The van der Waals surface area contributed by atoms with E-state index in [4.69, 9.17) is 19.2 Å². The summed E-state index contributed by atoms with van der Waals surface area (Å²) in [5, 5.41) is 17.8. The lowest BCUT2D eigenvalue weighted by Gasteiger charge is -2.01. The molecule has 5 heteroatoms. The molecule has 0 saturated carbocycles. The predicted octanol–water partition coefficient (Wildman–Crippen LogP) is 0.635. The monoisotopic (exact) mass is 218 g/mol. The minimum Gasteiger partial charge on any atom is -0.497 e. The van der Waals surface area contributed by atoms with E-state index in [0.717, 1.165) is 16.9 Å². The Balaban J connectivity index is 2.34. The average Bonchev–Trinajstić information content (AvgIpc) is 2.78. The molecule has 0 fully saturated rings. The highest BCUT2D eigenvalue weighted by Gasteiger charge is 2.16. The summed E-state index contributed by atoms with van der Waals surface area (Å²) in [6.07, 6.45) is 1.48. The Morgan fingerprint density at radius 1 is 1.19 bits per heavy atom. The van der Waals surface area contributed by atoms with Gasteiger partial charge in [-0.25, -0.2) is 0 Å². The number of ether oxygens (including phenoxy) is 1. The van der Waals surface area contributed by atoms with Gasteiger partial charge in [-0.2, -0.15) is 0 Å². The molecule has 1 heterocycles. The van der Waals surface area contributed by atoms with Crippen molar-refractivity contribution < 1.29 is 19.2 Å². The summed E-state index contributed by atoms with van der Waals surface area (Å²) in [6, 6.07) is 9.01. The van der Waals surface area contributed by atoms with E-state index in [2.05, 4.69) is 0 Å². The van der Waals surface area contributed by atoms with Gasteiger partial charge in [0.05, 0.1) is 13.4 Å². The Kier molecular flexibility index (Phi) is 2.98. The number of furan rings is 1. The SMILES string of the molecule is COc1cccc(-c2coc(B(O)O)c2)c1. The predicted molar refractivity (Wildman–Crippen MR) is 60.5 cm³/mol. The summed E-state index contributed by atoms with van der Waals surface area (Å²) in [4.78, 5) is 0. The van der Waals surface area contributed by atoms with Gasteiger partial charge < -0.3 is 19.2 Å². The van der Waals surface area contributed by atoms with Gasteiger partial charge in [-0.1, -0.05) is 12.1 Å². The molecule has 4 nitrogen and oxygen atoms in total. The summed E-state index contributed by atoms with van der Waals surface area (Å²) in [7, 11) is 0.0107. The molecule has 0 amide bonds. The zero-order chi connectivity index (χ0) is 11.5. The number of methoxy groups -OCH3 is 1. The van der Waals surface area contributed by atoms with Gasteiger partial charge in [0.15, 0.2) is 0 Å².